The van der Waals surface area contributed by atoms with Crippen LogP contribution in [0.15, 0.2) is 69.9 Å². The number of hydrogen-bond acceptors (Lipinski definition) is 7. The van der Waals surface area contributed by atoms with E-state index >= 15 is 0 Å². The molecule has 1 amide bonds. The first-order chi connectivity index (χ1) is 14.2. The number of carbonyl (C=O) groups excluding carboxylic acids is 1. The van der Waals surface area contributed by atoms with Crippen molar-refractivity contribution in [3.05, 3.63) is 76.8 Å². The van der Waals surface area contributed by atoms with Gasteiger partial charge in [0, 0.05) is 23.9 Å². The zero-order valence-electron chi connectivity index (χ0n) is 15.0. The Morgan fingerprint density at radius 3 is 2.93 bits per heavy atom. The SMILES string of the molecule is O=C1NC(=S)S/C1=C/c1cc2cncc(C3=COC=C(C4=CC=CCC4)O3)c2o1. The summed E-state index contributed by atoms with van der Waals surface area (Å²) in [4.78, 5) is 16.7. The quantitative estimate of drug-likeness (QED) is 0.564. The molecule has 1 saturated heterocycles. The number of furan rings is 1. The van der Waals surface area contributed by atoms with Gasteiger partial charge in [-0.2, -0.15) is 0 Å². The van der Waals surface area contributed by atoms with Crippen LogP contribution in [-0.2, 0) is 14.3 Å². The number of thiocarbonyl (C=S) groups is 1. The van der Waals surface area contributed by atoms with Gasteiger partial charge in [0.05, 0.1) is 10.5 Å². The second-order valence-electron chi connectivity index (χ2n) is 6.47. The van der Waals surface area contributed by atoms with Crippen LogP contribution >= 0.6 is 24.0 Å². The highest BCUT2D eigenvalue weighted by Crippen LogP contribution is 2.35. The van der Waals surface area contributed by atoms with E-state index in [0.29, 0.717) is 37.7 Å². The summed E-state index contributed by atoms with van der Waals surface area (Å²) >= 11 is 6.23. The summed E-state index contributed by atoms with van der Waals surface area (Å²) < 4.78 is 18.1. The number of carbonyl (C=O) groups is 1. The minimum atomic E-state index is -0.227. The summed E-state index contributed by atoms with van der Waals surface area (Å²) in [6.45, 7) is 0. The van der Waals surface area contributed by atoms with Crippen LogP contribution in [0.25, 0.3) is 22.8 Å². The number of fused-ring (bicyclic) bond motifs is 1. The summed E-state index contributed by atoms with van der Waals surface area (Å²) in [5, 5.41) is 3.38. The smallest absolute Gasteiger partial charge is 0.263 e. The topological polar surface area (TPSA) is 73.6 Å². The van der Waals surface area contributed by atoms with Crippen LogP contribution in [-0.4, -0.2) is 15.2 Å². The molecule has 8 heteroatoms. The van der Waals surface area contributed by atoms with Crippen molar-refractivity contribution in [1.82, 2.24) is 10.3 Å². The fourth-order valence-corrected chi connectivity index (χ4v) is 4.20. The molecule has 4 heterocycles. The van der Waals surface area contributed by atoms with Gasteiger partial charge in [0.15, 0.2) is 11.5 Å². The molecule has 0 aromatic carbocycles. The van der Waals surface area contributed by atoms with Crippen LogP contribution in [0.5, 0.6) is 0 Å². The van der Waals surface area contributed by atoms with E-state index < -0.39 is 0 Å². The number of aromatic nitrogens is 1. The zero-order chi connectivity index (χ0) is 19.8. The summed E-state index contributed by atoms with van der Waals surface area (Å²) in [5.41, 5.74) is 2.35. The molecule has 3 aliphatic rings. The van der Waals surface area contributed by atoms with Gasteiger partial charge in [-0.25, -0.2) is 0 Å². The van der Waals surface area contributed by atoms with Gasteiger partial charge in [-0.15, -0.1) is 0 Å². The van der Waals surface area contributed by atoms with E-state index in [4.69, 9.17) is 26.1 Å². The Kier molecular flexibility index (Phi) is 4.57. The highest BCUT2D eigenvalue weighted by Gasteiger charge is 2.24. The minimum absolute atomic E-state index is 0.227. The molecule has 0 saturated carbocycles. The molecule has 6 nitrogen and oxygen atoms in total. The van der Waals surface area contributed by atoms with Gasteiger partial charge in [-0.3, -0.25) is 9.78 Å². The first-order valence-corrected chi connectivity index (χ1v) is 10.1. The highest BCUT2D eigenvalue weighted by atomic mass is 32.2. The monoisotopic (exact) mass is 422 g/mol. The molecule has 1 N–H and O–H groups in total. The normalized spacial score (nSPS) is 20.1. The fraction of sp³-hybridized carbons (Fsp3) is 0.0952. The van der Waals surface area contributed by atoms with Crippen LogP contribution in [0.1, 0.15) is 24.2 Å². The maximum absolute atomic E-state index is 11.9. The number of ether oxygens (including phenoxy) is 2. The van der Waals surface area contributed by atoms with Crippen molar-refractivity contribution in [1.29, 1.82) is 0 Å². The molecule has 2 aromatic rings. The first-order valence-electron chi connectivity index (χ1n) is 8.90. The summed E-state index contributed by atoms with van der Waals surface area (Å²) in [6.07, 6.45) is 16.2. The molecule has 2 aromatic heterocycles. The maximum Gasteiger partial charge on any atom is 0.263 e. The predicted octanol–water partition coefficient (Wildman–Crippen LogP) is 4.78. The van der Waals surface area contributed by atoms with E-state index in [0.717, 1.165) is 23.8 Å². The van der Waals surface area contributed by atoms with E-state index in [1.54, 1.807) is 24.7 Å². The van der Waals surface area contributed by atoms with E-state index in [1.165, 1.54) is 18.0 Å². The third-order valence-corrected chi connectivity index (χ3v) is 5.69. The lowest BCUT2D eigenvalue weighted by Gasteiger charge is -2.19. The van der Waals surface area contributed by atoms with E-state index in [-0.39, 0.29) is 5.91 Å². The van der Waals surface area contributed by atoms with Crippen LogP contribution in [0.2, 0.25) is 0 Å². The Hall–Kier alpha value is -3.10. The summed E-state index contributed by atoms with van der Waals surface area (Å²) in [7, 11) is 0. The van der Waals surface area contributed by atoms with E-state index in [2.05, 4.69) is 16.4 Å². The number of nitrogens with one attached hydrogen (secondary N) is 1. The molecule has 0 bridgehead atoms. The predicted molar refractivity (Wildman–Crippen MR) is 115 cm³/mol. The Labute approximate surface area is 175 Å². The fourth-order valence-electron chi connectivity index (χ4n) is 3.17. The third kappa shape index (κ3) is 3.52. The largest absolute Gasteiger partial charge is 0.465 e. The number of nitrogens with zero attached hydrogens (tertiary/aromatic N) is 1. The van der Waals surface area contributed by atoms with Crippen molar-refractivity contribution in [2.45, 2.75) is 12.8 Å². The molecule has 0 radical (unpaired) electrons. The molecular weight excluding hydrogens is 408 g/mol. The Balaban J connectivity index is 1.47. The van der Waals surface area contributed by atoms with Crippen LogP contribution in [0.4, 0.5) is 0 Å². The van der Waals surface area contributed by atoms with Crippen molar-refractivity contribution in [3.8, 4) is 0 Å². The second-order valence-corrected chi connectivity index (χ2v) is 8.19. The molecule has 1 aliphatic carbocycles. The number of amides is 1. The van der Waals surface area contributed by atoms with Crippen molar-refractivity contribution in [3.63, 3.8) is 0 Å². The van der Waals surface area contributed by atoms with Gasteiger partial charge >= 0.3 is 0 Å². The zero-order valence-corrected chi connectivity index (χ0v) is 16.6. The highest BCUT2D eigenvalue weighted by molar-refractivity contribution is 8.26. The Morgan fingerprint density at radius 2 is 2.14 bits per heavy atom. The molecule has 144 valence electrons. The van der Waals surface area contributed by atoms with Crippen molar-refractivity contribution in [2.24, 2.45) is 0 Å². The number of rotatable bonds is 3. The molecule has 0 spiro atoms. The van der Waals surface area contributed by atoms with Gasteiger partial charge in [0.25, 0.3) is 5.91 Å². The Morgan fingerprint density at radius 1 is 1.24 bits per heavy atom. The maximum atomic E-state index is 11.9. The van der Waals surface area contributed by atoms with Crippen molar-refractivity contribution < 1.29 is 18.7 Å². The molecule has 29 heavy (non-hydrogen) atoms. The molecular formula is C21H14N2O4S2. The van der Waals surface area contributed by atoms with Gasteiger partial charge in [0.2, 0.25) is 0 Å². The van der Waals surface area contributed by atoms with Gasteiger partial charge < -0.3 is 19.2 Å². The second kappa shape index (κ2) is 7.38. The number of pyridine rings is 1. The van der Waals surface area contributed by atoms with E-state index in [1.807, 2.05) is 18.2 Å². The van der Waals surface area contributed by atoms with Gasteiger partial charge in [0.1, 0.15) is 28.2 Å². The number of hydrogen-bond donors (Lipinski definition) is 1. The Bertz CT molecular complexity index is 1200. The van der Waals surface area contributed by atoms with Crippen LogP contribution in [0.3, 0.4) is 0 Å². The van der Waals surface area contributed by atoms with Gasteiger partial charge in [-0.05, 0) is 24.5 Å². The lowest BCUT2D eigenvalue weighted by atomic mass is 10.0. The molecule has 0 unspecified atom stereocenters. The van der Waals surface area contributed by atoms with Gasteiger partial charge in [-0.1, -0.05) is 42.2 Å². The summed E-state index contributed by atoms with van der Waals surface area (Å²) in [6, 6.07) is 1.82. The molecule has 0 atom stereocenters. The molecule has 5 rings (SSSR count). The minimum Gasteiger partial charge on any atom is -0.465 e. The number of thioether (sulfide) groups is 1. The van der Waals surface area contributed by atoms with Crippen molar-refractivity contribution >= 4 is 57.0 Å². The van der Waals surface area contributed by atoms with E-state index in [9.17, 15) is 4.79 Å². The lowest BCUT2D eigenvalue weighted by molar-refractivity contribution is -0.115. The standard InChI is InChI=1S/C21H14N2O4S2/c24-20-18(29-21(28)23-20)7-14-6-13-8-22-9-15(19(13)26-14)17-11-25-10-16(27-17)12-4-2-1-3-5-12/h1-2,4,6-11H,3,5H2,(H,23,24,28)/b18-7+. The van der Waals surface area contributed by atoms with Crippen LogP contribution in [0, 0.1) is 0 Å². The first kappa shape index (κ1) is 18.0. The lowest BCUT2D eigenvalue weighted by Crippen LogP contribution is -2.17. The average Bonchev–Trinajstić information content (AvgIpc) is 3.30. The molecule has 2 aliphatic heterocycles. The molecule has 1 fully saturated rings. The van der Waals surface area contributed by atoms with Crippen molar-refractivity contribution in [2.75, 3.05) is 0 Å². The average molecular weight is 422 g/mol. The number of allylic oxidation sites excluding steroid dienone is 4. The van der Waals surface area contributed by atoms with Crippen LogP contribution < -0.4 is 5.32 Å². The third-order valence-electron chi connectivity index (χ3n) is 4.52. The summed E-state index contributed by atoms with van der Waals surface area (Å²) in [5.74, 6) is 1.49.